The number of hydrogen-bond acceptors (Lipinski definition) is 3. The number of hydrogen-bond donors (Lipinski definition) is 2. The van der Waals surface area contributed by atoms with Crippen LogP contribution in [0.25, 0.3) is 0 Å². The molecule has 0 spiro atoms. The minimum absolute atomic E-state index is 0.0400. The summed E-state index contributed by atoms with van der Waals surface area (Å²) in [6.07, 6.45) is 6.82. The second kappa shape index (κ2) is 8.88. The van der Waals surface area contributed by atoms with Crippen molar-refractivity contribution in [2.24, 2.45) is 11.3 Å². The number of carbonyl (C=O) groups is 1. The Balaban J connectivity index is 1.66. The molecule has 0 saturated carbocycles. The van der Waals surface area contributed by atoms with E-state index in [1.165, 1.54) is 32.4 Å². The quantitative estimate of drug-likeness (QED) is 0.788. The third-order valence-corrected chi connectivity index (χ3v) is 5.82. The number of likely N-dealkylation sites (tertiary alicyclic amines) is 2. The highest BCUT2D eigenvalue weighted by atomic mass is 16.3. The van der Waals surface area contributed by atoms with Gasteiger partial charge in [-0.2, -0.15) is 0 Å². The highest BCUT2D eigenvalue weighted by Gasteiger charge is 2.33. The molecule has 0 bridgehead atoms. The summed E-state index contributed by atoms with van der Waals surface area (Å²) in [5, 5.41) is 12.7. The van der Waals surface area contributed by atoms with Crippen molar-refractivity contribution in [2.45, 2.75) is 52.4 Å². The molecule has 5 heteroatoms. The van der Waals surface area contributed by atoms with E-state index >= 15 is 0 Å². The van der Waals surface area contributed by atoms with Crippen LogP contribution in [0.4, 0.5) is 4.79 Å². The molecule has 0 aromatic heterocycles. The van der Waals surface area contributed by atoms with Gasteiger partial charge in [0.05, 0.1) is 0 Å². The summed E-state index contributed by atoms with van der Waals surface area (Å²) in [4.78, 5) is 16.8. The largest absolute Gasteiger partial charge is 0.396 e. The van der Waals surface area contributed by atoms with Gasteiger partial charge in [-0.1, -0.05) is 20.3 Å². The first-order valence-electron chi connectivity index (χ1n) is 9.44. The van der Waals surface area contributed by atoms with Gasteiger partial charge in [0.1, 0.15) is 0 Å². The minimum atomic E-state index is 0.0400. The fourth-order valence-electron chi connectivity index (χ4n) is 3.83. The van der Waals surface area contributed by atoms with Crippen LogP contribution < -0.4 is 5.32 Å². The number of urea groups is 1. The van der Waals surface area contributed by atoms with E-state index in [-0.39, 0.29) is 18.1 Å². The SMILES string of the molecule is CCC1(CO)CCN(C(=O)NCC(C)CN2CCCCC2)CC1. The van der Waals surface area contributed by atoms with Crippen molar-refractivity contribution in [3.05, 3.63) is 0 Å². The molecule has 2 aliphatic rings. The van der Waals surface area contributed by atoms with Crippen molar-refractivity contribution >= 4 is 6.03 Å². The number of nitrogens with one attached hydrogen (secondary N) is 1. The Kier molecular flexibility index (Phi) is 7.15. The molecule has 0 aliphatic carbocycles. The number of aliphatic hydroxyl groups is 1. The van der Waals surface area contributed by atoms with Crippen molar-refractivity contribution in [3.8, 4) is 0 Å². The van der Waals surface area contributed by atoms with Crippen LogP contribution in [0.15, 0.2) is 0 Å². The van der Waals surface area contributed by atoms with Gasteiger partial charge < -0.3 is 20.2 Å². The third kappa shape index (κ3) is 5.35. The zero-order valence-electron chi connectivity index (χ0n) is 15.0. The molecule has 0 aromatic rings. The first-order valence-corrected chi connectivity index (χ1v) is 9.44. The van der Waals surface area contributed by atoms with Gasteiger partial charge in [-0.3, -0.25) is 0 Å². The summed E-state index contributed by atoms with van der Waals surface area (Å²) in [6, 6.07) is 0.0677. The van der Waals surface area contributed by atoms with Crippen molar-refractivity contribution in [2.75, 3.05) is 45.9 Å². The molecule has 1 unspecified atom stereocenters. The zero-order chi connectivity index (χ0) is 16.7. The molecule has 1 atom stereocenters. The molecule has 0 aromatic carbocycles. The monoisotopic (exact) mass is 325 g/mol. The van der Waals surface area contributed by atoms with Crippen molar-refractivity contribution in [1.82, 2.24) is 15.1 Å². The Hall–Kier alpha value is -0.810. The van der Waals surface area contributed by atoms with Crippen molar-refractivity contribution < 1.29 is 9.90 Å². The molecular formula is C18H35N3O2. The van der Waals surface area contributed by atoms with E-state index in [4.69, 9.17) is 0 Å². The van der Waals surface area contributed by atoms with Crippen LogP contribution >= 0.6 is 0 Å². The van der Waals surface area contributed by atoms with Gasteiger partial charge in [0.25, 0.3) is 0 Å². The normalized spacial score (nSPS) is 23.5. The molecule has 134 valence electrons. The summed E-state index contributed by atoms with van der Waals surface area (Å²) in [5.74, 6) is 0.494. The zero-order valence-corrected chi connectivity index (χ0v) is 15.0. The van der Waals surface area contributed by atoms with Crippen molar-refractivity contribution in [3.63, 3.8) is 0 Å². The Bertz CT molecular complexity index is 355. The summed E-state index contributed by atoms with van der Waals surface area (Å²) in [7, 11) is 0. The van der Waals surface area contributed by atoms with Gasteiger partial charge >= 0.3 is 6.03 Å². The van der Waals surface area contributed by atoms with Gasteiger partial charge in [0.15, 0.2) is 0 Å². The first kappa shape index (κ1) is 18.5. The Morgan fingerprint density at radius 1 is 1.17 bits per heavy atom. The minimum Gasteiger partial charge on any atom is -0.396 e. The summed E-state index contributed by atoms with van der Waals surface area (Å²) < 4.78 is 0. The van der Waals surface area contributed by atoms with E-state index in [0.717, 1.165) is 45.4 Å². The summed E-state index contributed by atoms with van der Waals surface area (Å²) in [6.45, 7) is 10.4. The van der Waals surface area contributed by atoms with Crippen LogP contribution in [-0.4, -0.2) is 66.8 Å². The van der Waals surface area contributed by atoms with Crippen LogP contribution in [0.1, 0.15) is 52.4 Å². The maximum Gasteiger partial charge on any atom is 0.317 e. The molecule has 2 saturated heterocycles. The van der Waals surface area contributed by atoms with E-state index < -0.39 is 0 Å². The van der Waals surface area contributed by atoms with Gasteiger partial charge in [-0.25, -0.2) is 4.79 Å². The lowest BCUT2D eigenvalue weighted by molar-refractivity contribution is 0.0517. The highest BCUT2D eigenvalue weighted by Crippen LogP contribution is 2.34. The second-order valence-corrected chi connectivity index (χ2v) is 7.65. The highest BCUT2D eigenvalue weighted by molar-refractivity contribution is 5.74. The Morgan fingerprint density at radius 3 is 2.39 bits per heavy atom. The predicted octanol–water partition coefficient (Wildman–Crippen LogP) is 2.30. The van der Waals surface area contributed by atoms with Gasteiger partial charge in [0.2, 0.25) is 0 Å². The van der Waals surface area contributed by atoms with Gasteiger partial charge in [0, 0.05) is 32.8 Å². The average Bonchev–Trinajstić information content (AvgIpc) is 2.60. The molecule has 2 rings (SSSR count). The molecular weight excluding hydrogens is 290 g/mol. The van der Waals surface area contributed by atoms with E-state index in [0.29, 0.717) is 5.92 Å². The predicted molar refractivity (Wildman–Crippen MR) is 93.5 cm³/mol. The fraction of sp³-hybridized carbons (Fsp3) is 0.944. The van der Waals surface area contributed by atoms with Crippen LogP contribution in [0.5, 0.6) is 0 Å². The Labute approximate surface area is 141 Å². The number of piperidine rings is 2. The van der Waals surface area contributed by atoms with Crippen LogP contribution in [0.2, 0.25) is 0 Å². The van der Waals surface area contributed by atoms with Crippen LogP contribution in [0, 0.1) is 11.3 Å². The van der Waals surface area contributed by atoms with E-state index in [2.05, 4.69) is 24.1 Å². The molecule has 2 aliphatic heterocycles. The maximum absolute atomic E-state index is 12.3. The maximum atomic E-state index is 12.3. The van der Waals surface area contributed by atoms with Gasteiger partial charge in [-0.05, 0) is 56.5 Å². The molecule has 2 N–H and O–H groups in total. The third-order valence-electron chi connectivity index (χ3n) is 5.82. The summed E-state index contributed by atoms with van der Waals surface area (Å²) in [5.41, 5.74) is 0.0400. The lowest BCUT2D eigenvalue weighted by atomic mass is 9.77. The lowest BCUT2D eigenvalue weighted by Crippen LogP contribution is -2.49. The first-order chi connectivity index (χ1) is 11.1. The Morgan fingerprint density at radius 2 is 1.83 bits per heavy atom. The van der Waals surface area contributed by atoms with Crippen LogP contribution in [-0.2, 0) is 0 Å². The molecule has 2 amide bonds. The molecule has 2 fully saturated rings. The van der Waals surface area contributed by atoms with Gasteiger partial charge in [-0.15, -0.1) is 0 Å². The van der Waals surface area contributed by atoms with Crippen LogP contribution in [0.3, 0.4) is 0 Å². The second-order valence-electron chi connectivity index (χ2n) is 7.65. The number of rotatable bonds is 6. The van der Waals surface area contributed by atoms with E-state index in [1.807, 2.05) is 4.90 Å². The standard InChI is InChI=1S/C18H35N3O2/c1-3-18(15-22)7-11-21(12-8-18)17(23)19-13-16(2)14-20-9-5-4-6-10-20/h16,22H,3-15H2,1-2H3,(H,19,23). The fourth-order valence-corrected chi connectivity index (χ4v) is 3.83. The van der Waals surface area contributed by atoms with E-state index in [9.17, 15) is 9.90 Å². The van der Waals surface area contributed by atoms with E-state index in [1.54, 1.807) is 0 Å². The average molecular weight is 325 g/mol. The molecule has 0 radical (unpaired) electrons. The number of nitrogens with zero attached hydrogens (tertiary/aromatic N) is 2. The smallest absolute Gasteiger partial charge is 0.317 e. The number of carbonyl (C=O) groups excluding carboxylic acids is 1. The molecule has 5 nitrogen and oxygen atoms in total. The molecule has 2 heterocycles. The van der Waals surface area contributed by atoms with Crippen molar-refractivity contribution in [1.29, 1.82) is 0 Å². The lowest BCUT2D eigenvalue weighted by Gasteiger charge is -2.40. The molecule has 23 heavy (non-hydrogen) atoms. The number of amides is 2. The number of aliphatic hydroxyl groups excluding tert-OH is 1. The topological polar surface area (TPSA) is 55.8 Å². The summed E-state index contributed by atoms with van der Waals surface area (Å²) >= 11 is 0.